The third-order valence-corrected chi connectivity index (χ3v) is 5.11. The molecular weight excluding hydrogens is 348 g/mol. The van der Waals surface area contributed by atoms with Gasteiger partial charge in [-0.1, -0.05) is 12.1 Å². The number of carboxylic acids is 1. The number of likely N-dealkylation sites (tertiary alicyclic amines) is 2. The Morgan fingerprint density at radius 1 is 1.22 bits per heavy atom. The van der Waals surface area contributed by atoms with Crippen molar-refractivity contribution in [3.8, 4) is 6.07 Å². The van der Waals surface area contributed by atoms with Crippen molar-refractivity contribution in [1.29, 1.82) is 5.26 Å². The van der Waals surface area contributed by atoms with Crippen molar-refractivity contribution in [3.63, 3.8) is 0 Å². The molecule has 2 saturated heterocycles. The molecule has 3 rings (SSSR count). The zero-order valence-electron chi connectivity index (χ0n) is 14.9. The van der Waals surface area contributed by atoms with Crippen LogP contribution in [0.2, 0.25) is 0 Å². The van der Waals surface area contributed by atoms with Crippen molar-refractivity contribution in [2.45, 2.75) is 31.8 Å². The van der Waals surface area contributed by atoms with E-state index in [0.717, 1.165) is 5.56 Å². The fraction of sp³-hybridized carbons (Fsp3) is 0.474. The molecule has 0 aromatic heterocycles. The van der Waals surface area contributed by atoms with Crippen LogP contribution in [0, 0.1) is 17.2 Å². The normalized spacial score (nSPS) is 22.4. The second-order valence-electron chi connectivity index (χ2n) is 6.98. The third kappa shape index (κ3) is 4.37. The number of benzene rings is 1. The zero-order valence-corrected chi connectivity index (χ0v) is 14.9. The van der Waals surface area contributed by atoms with Gasteiger partial charge in [0.1, 0.15) is 6.04 Å². The number of nitrogens with one attached hydrogen (secondary N) is 1. The van der Waals surface area contributed by atoms with Gasteiger partial charge in [-0.3, -0.25) is 9.59 Å². The maximum atomic E-state index is 12.6. The molecule has 0 aliphatic carbocycles. The Morgan fingerprint density at radius 2 is 1.96 bits per heavy atom. The molecule has 2 atom stereocenters. The summed E-state index contributed by atoms with van der Waals surface area (Å²) in [6.45, 7) is 1.66. The lowest BCUT2D eigenvalue weighted by Crippen LogP contribution is -2.51. The molecule has 2 unspecified atom stereocenters. The van der Waals surface area contributed by atoms with Gasteiger partial charge in [-0.15, -0.1) is 0 Å². The zero-order chi connectivity index (χ0) is 19.4. The molecule has 1 aromatic rings. The van der Waals surface area contributed by atoms with Crippen LogP contribution in [-0.4, -0.2) is 58.5 Å². The number of hydrogen-bond donors (Lipinski definition) is 2. The summed E-state index contributed by atoms with van der Waals surface area (Å²) in [5.41, 5.74) is 1.49. The average Bonchev–Trinajstić information content (AvgIpc) is 3.02. The summed E-state index contributed by atoms with van der Waals surface area (Å²) < 4.78 is 0. The van der Waals surface area contributed by atoms with Gasteiger partial charge < -0.3 is 20.2 Å². The van der Waals surface area contributed by atoms with E-state index < -0.39 is 17.9 Å². The standard InChI is InChI=1S/C19H22N4O4/c20-10-13-3-5-14(6-4-13)11-22-9-7-16(17(22)24)21-19(27)23-8-1-2-15(12-23)18(25)26/h3-6,15-16H,1-2,7-9,11-12H2,(H,21,27)(H,25,26). The van der Waals surface area contributed by atoms with E-state index in [2.05, 4.69) is 11.4 Å². The number of nitriles is 1. The predicted molar refractivity (Wildman–Crippen MR) is 95.4 cm³/mol. The summed E-state index contributed by atoms with van der Waals surface area (Å²) in [7, 11) is 0. The maximum absolute atomic E-state index is 12.6. The lowest BCUT2D eigenvalue weighted by molar-refractivity contribution is -0.143. The van der Waals surface area contributed by atoms with E-state index in [1.807, 2.05) is 12.1 Å². The highest BCUT2D eigenvalue weighted by molar-refractivity contribution is 5.88. The highest BCUT2D eigenvalue weighted by atomic mass is 16.4. The van der Waals surface area contributed by atoms with Crippen molar-refractivity contribution in [2.75, 3.05) is 19.6 Å². The Balaban J connectivity index is 1.54. The number of amides is 3. The SMILES string of the molecule is N#Cc1ccc(CN2CCC(NC(=O)N3CCCC(C(=O)O)C3)C2=O)cc1. The summed E-state index contributed by atoms with van der Waals surface area (Å²) in [4.78, 5) is 39.3. The molecule has 2 aliphatic rings. The minimum absolute atomic E-state index is 0.139. The molecule has 0 radical (unpaired) electrons. The van der Waals surface area contributed by atoms with Gasteiger partial charge in [0.05, 0.1) is 17.6 Å². The lowest BCUT2D eigenvalue weighted by Gasteiger charge is -2.31. The van der Waals surface area contributed by atoms with Crippen LogP contribution in [-0.2, 0) is 16.1 Å². The van der Waals surface area contributed by atoms with Gasteiger partial charge in [0.25, 0.3) is 0 Å². The predicted octanol–water partition coefficient (Wildman–Crippen LogP) is 1.17. The molecule has 2 N–H and O–H groups in total. The first-order valence-corrected chi connectivity index (χ1v) is 9.04. The van der Waals surface area contributed by atoms with E-state index in [9.17, 15) is 14.4 Å². The molecule has 2 heterocycles. The molecule has 0 bridgehead atoms. The van der Waals surface area contributed by atoms with E-state index in [1.54, 1.807) is 17.0 Å². The Morgan fingerprint density at radius 3 is 2.63 bits per heavy atom. The van der Waals surface area contributed by atoms with Gasteiger partial charge in [0.15, 0.2) is 0 Å². The monoisotopic (exact) mass is 370 g/mol. The first kappa shape index (κ1) is 18.7. The van der Waals surface area contributed by atoms with E-state index in [-0.39, 0.29) is 18.5 Å². The number of carbonyl (C=O) groups excluding carboxylic acids is 2. The summed E-state index contributed by atoms with van der Waals surface area (Å²) in [6, 6.07) is 8.16. The lowest BCUT2D eigenvalue weighted by atomic mass is 9.99. The quantitative estimate of drug-likeness (QED) is 0.826. The molecule has 142 valence electrons. The molecule has 0 spiro atoms. The van der Waals surface area contributed by atoms with E-state index >= 15 is 0 Å². The van der Waals surface area contributed by atoms with Gasteiger partial charge in [-0.2, -0.15) is 5.26 Å². The fourth-order valence-corrected chi connectivity index (χ4v) is 3.54. The molecule has 3 amide bonds. The maximum Gasteiger partial charge on any atom is 0.318 e. The van der Waals surface area contributed by atoms with Crippen LogP contribution in [0.4, 0.5) is 4.79 Å². The Hall–Kier alpha value is -3.08. The number of urea groups is 1. The number of nitrogens with zero attached hydrogens (tertiary/aromatic N) is 3. The second kappa shape index (κ2) is 8.08. The average molecular weight is 370 g/mol. The minimum Gasteiger partial charge on any atom is -0.481 e. The molecule has 2 aliphatic heterocycles. The van der Waals surface area contributed by atoms with Crippen molar-refractivity contribution in [1.82, 2.24) is 15.1 Å². The van der Waals surface area contributed by atoms with Gasteiger partial charge in [-0.05, 0) is 37.0 Å². The first-order valence-electron chi connectivity index (χ1n) is 9.04. The van der Waals surface area contributed by atoms with Gasteiger partial charge in [-0.25, -0.2) is 4.79 Å². The van der Waals surface area contributed by atoms with Crippen LogP contribution >= 0.6 is 0 Å². The molecule has 2 fully saturated rings. The number of carboxylic acid groups (broad SMARTS) is 1. The number of carbonyl (C=O) groups is 3. The van der Waals surface area contributed by atoms with E-state index in [4.69, 9.17) is 10.4 Å². The smallest absolute Gasteiger partial charge is 0.318 e. The van der Waals surface area contributed by atoms with Crippen LogP contribution in [0.1, 0.15) is 30.4 Å². The highest BCUT2D eigenvalue weighted by Crippen LogP contribution is 2.19. The van der Waals surface area contributed by atoms with Gasteiger partial charge in [0, 0.05) is 26.2 Å². The number of hydrogen-bond acceptors (Lipinski definition) is 4. The van der Waals surface area contributed by atoms with Crippen molar-refractivity contribution in [3.05, 3.63) is 35.4 Å². The Labute approximate surface area is 157 Å². The third-order valence-electron chi connectivity index (χ3n) is 5.11. The summed E-state index contributed by atoms with van der Waals surface area (Å²) in [6.07, 6.45) is 1.74. The number of aliphatic carboxylic acids is 1. The first-order chi connectivity index (χ1) is 13.0. The molecule has 27 heavy (non-hydrogen) atoms. The summed E-state index contributed by atoms with van der Waals surface area (Å²) in [5.74, 6) is -1.57. The van der Waals surface area contributed by atoms with Gasteiger partial charge in [0.2, 0.25) is 5.91 Å². The van der Waals surface area contributed by atoms with Crippen LogP contribution in [0.5, 0.6) is 0 Å². The van der Waals surface area contributed by atoms with Crippen molar-refractivity contribution in [2.24, 2.45) is 5.92 Å². The summed E-state index contributed by atoms with van der Waals surface area (Å²) in [5, 5.41) is 20.7. The number of rotatable bonds is 4. The van der Waals surface area contributed by atoms with Crippen LogP contribution in [0.3, 0.4) is 0 Å². The fourth-order valence-electron chi connectivity index (χ4n) is 3.54. The molecule has 0 saturated carbocycles. The Kier molecular flexibility index (Phi) is 5.60. The van der Waals surface area contributed by atoms with Crippen molar-refractivity contribution < 1.29 is 19.5 Å². The largest absolute Gasteiger partial charge is 0.481 e. The van der Waals surface area contributed by atoms with Crippen LogP contribution < -0.4 is 5.32 Å². The second-order valence-corrected chi connectivity index (χ2v) is 6.98. The van der Waals surface area contributed by atoms with Crippen LogP contribution in [0.25, 0.3) is 0 Å². The van der Waals surface area contributed by atoms with Gasteiger partial charge >= 0.3 is 12.0 Å². The Bertz CT molecular complexity index is 771. The van der Waals surface area contributed by atoms with E-state index in [0.29, 0.717) is 44.5 Å². The van der Waals surface area contributed by atoms with Crippen molar-refractivity contribution >= 4 is 17.9 Å². The molecule has 1 aromatic carbocycles. The molecule has 8 heteroatoms. The molecular formula is C19H22N4O4. The van der Waals surface area contributed by atoms with E-state index in [1.165, 1.54) is 4.90 Å². The molecule has 8 nitrogen and oxygen atoms in total. The minimum atomic E-state index is -0.891. The topological polar surface area (TPSA) is 114 Å². The highest BCUT2D eigenvalue weighted by Gasteiger charge is 2.35. The van der Waals surface area contributed by atoms with Crippen LogP contribution in [0.15, 0.2) is 24.3 Å². The summed E-state index contributed by atoms with van der Waals surface area (Å²) >= 11 is 0. The number of piperidine rings is 1.